The van der Waals surface area contributed by atoms with Gasteiger partial charge in [0.1, 0.15) is 6.33 Å². The molecule has 0 aromatic carbocycles. The molecule has 1 amide bonds. The zero-order valence-corrected chi connectivity index (χ0v) is 14.2. The number of hydrogen-bond donors (Lipinski definition) is 0. The number of rotatable bonds is 6. The van der Waals surface area contributed by atoms with Gasteiger partial charge >= 0.3 is 0 Å². The van der Waals surface area contributed by atoms with Gasteiger partial charge in [-0.05, 0) is 18.9 Å². The number of hydrogen-bond acceptors (Lipinski definition) is 5. The molecule has 0 bridgehead atoms. The zero-order valence-electron chi connectivity index (χ0n) is 14.2. The molecular formula is C17H23N5O2. The maximum atomic E-state index is 12.6. The van der Waals surface area contributed by atoms with Gasteiger partial charge in [-0.15, -0.1) is 0 Å². The van der Waals surface area contributed by atoms with Crippen LogP contribution in [0.25, 0.3) is 0 Å². The Morgan fingerprint density at radius 3 is 2.92 bits per heavy atom. The predicted molar refractivity (Wildman–Crippen MR) is 88.2 cm³/mol. The van der Waals surface area contributed by atoms with Crippen molar-refractivity contribution in [2.24, 2.45) is 7.05 Å². The summed E-state index contributed by atoms with van der Waals surface area (Å²) in [4.78, 5) is 22.5. The van der Waals surface area contributed by atoms with Gasteiger partial charge in [-0.1, -0.05) is 0 Å². The molecule has 0 aliphatic carbocycles. The highest BCUT2D eigenvalue weighted by Crippen LogP contribution is 2.27. The summed E-state index contributed by atoms with van der Waals surface area (Å²) in [5.41, 5.74) is 3.16. The molecule has 0 spiro atoms. The fourth-order valence-corrected chi connectivity index (χ4v) is 3.09. The van der Waals surface area contributed by atoms with Crippen LogP contribution in [0.2, 0.25) is 0 Å². The Bertz CT molecular complexity index is 686. The molecule has 2 aromatic rings. The number of nitrogens with zero attached hydrogens (tertiary/aromatic N) is 5. The number of ether oxygens (including phenoxy) is 1. The monoisotopic (exact) mass is 329 g/mol. The van der Waals surface area contributed by atoms with Crippen molar-refractivity contribution in [2.45, 2.75) is 32.2 Å². The minimum Gasteiger partial charge on any atom is -0.381 e. The van der Waals surface area contributed by atoms with Gasteiger partial charge in [-0.25, -0.2) is 9.97 Å². The molecule has 1 atom stereocenters. The molecular weight excluding hydrogens is 306 g/mol. The lowest BCUT2D eigenvalue weighted by atomic mass is 9.97. The van der Waals surface area contributed by atoms with Crippen molar-refractivity contribution in [1.82, 2.24) is 24.6 Å². The molecule has 7 nitrogen and oxygen atoms in total. The topological polar surface area (TPSA) is 73.1 Å². The zero-order chi connectivity index (χ0) is 16.9. The van der Waals surface area contributed by atoms with E-state index in [9.17, 15) is 4.79 Å². The molecule has 0 saturated heterocycles. The highest BCUT2D eigenvalue weighted by atomic mass is 16.5. The predicted octanol–water partition coefficient (Wildman–Crippen LogP) is 1.31. The van der Waals surface area contributed by atoms with E-state index in [-0.39, 0.29) is 11.8 Å². The Hall–Kier alpha value is -2.28. The van der Waals surface area contributed by atoms with Crippen LogP contribution in [0, 0.1) is 0 Å². The first-order valence-electron chi connectivity index (χ1n) is 8.29. The van der Waals surface area contributed by atoms with Gasteiger partial charge in [0, 0.05) is 63.2 Å². The Balaban J connectivity index is 1.66. The van der Waals surface area contributed by atoms with Crippen molar-refractivity contribution in [2.75, 3.05) is 19.8 Å². The van der Waals surface area contributed by atoms with Crippen LogP contribution >= 0.6 is 0 Å². The van der Waals surface area contributed by atoms with Gasteiger partial charge in [0.25, 0.3) is 0 Å². The van der Waals surface area contributed by atoms with Crippen molar-refractivity contribution in [3.8, 4) is 0 Å². The summed E-state index contributed by atoms with van der Waals surface area (Å²) in [5.74, 6) is 0.286. The first kappa shape index (κ1) is 16.6. The summed E-state index contributed by atoms with van der Waals surface area (Å²) in [5, 5.41) is 4.56. The maximum Gasteiger partial charge on any atom is 0.223 e. The van der Waals surface area contributed by atoms with E-state index in [1.54, 1.807) is 12.4 Å². The first-order chi connectivity index (χ1) is 11.7. The number of carbonyl (C=O) groups is 1. The molecule has 7 heteroatoms. The Labute approximate surface area is 141 Å². The summed E-state index contributed by atoms with van der Waals surface area (Å²) >= 11 is 0. The molecule has 2 aromatic heterocycles. The average Bonchev–Trinajstić information content (AvgIpc) is 2.98. The van der Waals surface area contributed by atoms with Crippen molar-refractivity contribution in [1.29, 1.82) is 0 Å². The van der Waals surface area contributed by atoms with Crippen LogP contribution in [0.4, 0.5) is 0 Å². The van der Waals surface area contributed by atoms with Gasteiger partial charge in [-0.3, -0.25) is 9.48 Å². The van der Waals surface area contributed by atoms with Gasteiger partial charge in [0.2, 0.25) is 5.91 Å². The molecule has 3 heterocycles. The van der Waals surface area contributed by atoms with E-state index in [0.29, 0.717) is 39.1 Å². The summed E-state index contributed by atoms with van der Waals surface area (Å²) in [7, 11) is 1.91. The number of carbonyl (C=O) groups excluding carboxylic acids is 1. The number of aryl methyl sites for hydroxylation is 2. The number of amides is 1. The molecule has 1 aliphatic rings. The molecule has 0 fully saturated rings. The largest absolute Gasteiger partial charge is 0.381 e. The summed E-state index contributed by atoms with van der Waals surface area (Å²) in [6.07, 6.45) is 8.13. The molecule has 24 heavy (non-hydrogen) atoms. The van der Waals surface area contributed by atoms with E-state index in [0.717, 1.165) is 16.8 Å². The van der Waals surface area contributed by atoms with Gasteiger partial charge < -0.3 is 9.64 Å². The minimum atomic E-state index is 0.138. The van der Waals surface area contributed by atoms with Crippen LogP contribution in [0.15, 0.2) is 24.9 Å². The van der Waals surface area contributed by atoms with Crippen molar-refractivity contribution < 1.29 is 9.53 Å². The van der Waals surface area contributed by atoms with Gasteiger partial charge in [0.05, 0.1) is 12.3 Å². The fraction of sp³-hybridized carbons (Fsp3) is 0.529. The second-order valence-electron chi connectivity index (χ2n) is 6.09. The molecule has 0 saturated carbocycles. The SMILES string of the molecule is CCOC[C@H]1CN(C(=O)CCc2cncnc2)Cc2cn(C)nc21. The number of aromatic nitrogens is 4. The van der Waals surface area contributed by atoms with E-state index in [1.807, 2.05) is 29.7 Å². The lowest BCUT2D eigenvalue weighted by Crippen LogP contribution is -2.39. The van der Waals surface area contributed by atoms with Crippen LogP contribution < -0.4 is 0 Å². The van der Waals surface area contributed by atoms with Gasteiger partial charge in [-0.2, -0.15) is 5.10 Å². The third-order valence-electron chi connectivity index (χ3n) is 4.24. The van der Waals surface area contributed by atoms with Crippen molar-refractivity contribution in [3.05, 3.63) is 41.7 Å². The lowest BCUT2D eigenvalue weighted by molar-refractivity contribution is -0.132. The van der Waals surface area contributed by atoms with E-state index in [2.05, 4.69) is 15.1 Å². The molecule has 0 radical (unpaired) electrons. The summed E-state index contributed by atoms with van der Waals surface area (Å²) < 4.78 is 7.41. The fourth-order valence-electron chi connectivity index (χ4n) is 3.09. The van der Waals surface area contributed by atoms with E-state index in [1.165, 1.54) is 6.33 Å². The highest BCUT2D eigenvalue weighted by molar-refractivity contribution is 5.76. The molecule has 3 rings (SSSR count). The van der Waals surface area contributed by atoms with Gasteiger partial charge in [0.15, 0.2) is 0 Å². The second-order valence-corrected chi connectivity index (χ2v) is 6.09. The maximum absolute atomic E-state index is 12.6. The first-order valence-corrected chi connectivity index (χ1v) is 8.29. The normalized spacial score (nSPS) is 16.9. The average molecular weight is 329 g/mol. The molecule has 128 valence electrons. The summed E-state index contributed by atoms with van der Waals surface area (Å²) in [6, 6.07) is 0. The van der Waals surface area contributed by atoms with E-state index >= 15 is 0 Å². The van der Waals surface area contributed by atoms with Crippen LogP contribution in [-0.2, 0) is 29.5 Å². The highest BCUT2D eigenvalue weighted by Gasteiger charge is 2.30. The standard InChI is InChI=1S/C17H23N5O2/c1-3-24-11-15-10-22(9-14-8-21(2)20-17(14)15)16(23)5-4-13-6-18-12-19-7-13/h6-8,12,15H,3-5,9-11H2,1-2H3/t15-/m1/s1. The Morgan fingerprint density at radius 1 is 1.38 bits per heavy atom. The smallest absolute Gasteiger partial charge is 0.223 e. The quantitative estimate of drug-likeness (QED) is 0.799. The number of fused-ring (bicyclic) bond motifs is 1. The molecule has 0 N–H and O–H groups in total. The van der Waals surface area contributed by atoms with Crippen LogP contribution in [0.1, 0.15) is 36.1 Å². The third-order valence-corrected chi connectivity index (χ3v) is 4.24. The second kappa shape index (κ2) is 7.53. The van der Waals surface area contributed by atoms with E-state index in [4.69, 9.17) is 4.74 Å². The van der Waals surface area contributed by atoms with Crippen molar-refractivity contribution in [3.63, 3.8) is 0 Å². The van der Waals surface area contributed by atoms with Crippen LogP contribution in [0.3, 0.4) is 0 Å². The summed E-state index contributed by atoms with van der Waals surface area (Å²) in [6.45, 7) is 4.52. The third kappa shape index (κ3) is 3.79. The van der Waals surface area contributed by atoms with Crippen LogP contribution in [-0.4, -0.2) is 50.3 Å². The lowest BCUT2D eigenvalue weighted by Gasteiger charge is -2.32. The Morgan fingerprint density at radius 2 is 2.17 bits per heavy atom. The molecule has 1 aliphatic heterocycles. The minimum absolute atomic E-state index is 0.138. The van der Waals surface area contributed by atoms with E-state index < -0.39 is 0 Å². The molecule has 0 unspecified atom stereocenters. The van der Waals surface area contributed by atoms with Crippen LogP contribution in [0.5, 0.6) is 0 Å². The Kier molecular flexibility index (Phi) is 5.20. The van der Waals surface area contributed by atoms with Crippen molar-refractivity contribution >= 4 is 5.91 Å².